The molecule has 1 aliphatic rings. The molecule has 0 bridgehead atoms. The molecule has 0 aromatic heterocycles. The molecule has 0 aliphatic carbocycles. The van der Waals surface area contributed by atoms with Crippen LogP contribution in [0.25, 0.3) is 0 Å². The van der Waals surface area contributed by atoms with Crippen molar-refractivity contribution < 1.29 is 13.6 Å². The number of hydrogen-bond donors (Lipinski definition) is 0. The highest BCUT2D eigenvalue weighted by molar-refractivity contribution is 6.81. The average molecular weight is 246 g/mol. The van der Waals surface area contributed by atoms with Gasteiger partial charge in [-0.1, -0.05) is 0 Å². The SMILES string of the molecule is C=C[SiH2]C1([Si](C)(OC)OC)CCCCO1. The van der Waals surface area contributed by atoms with Crippen molar-refractivity contribution in [3.8, 4) is 0 Å². The Morgan fingerprint density at radius 2 is 2.07 bits per heavy atom. The molecule has 0 aromatic carbocycles. The van der Waals surface area contributed by atoms with Gasteiger partial charge in [0.1, 0.15) is 0 Å². The lowest BCUT2D eigenvalue weighted by molar-refractivity contribution is -0.00267. The Kier molecular flexibility index (Phi) is 4.73. The van der Waals surface area contributed by atoms with Crippen molar-refractivity contribution in [2.75, 3.05) is 20.8 Å². The number of rotatable bonds is 5. The lowest BCUT2D eigenvalue weighted by Crippen LogP contribution is -2.65. The fourth-order valence-corrected chi connectivity index (χ4v) is 8.12. The van der Waals surface area contributed by atoms with Gasteiger partial charge in [0.05, 0.1) is 14.4 Å². The van der Waals surface area contributed by atoms with Crippen molar-refractivity contribution >= 4 is 18.1 Å². The first-order valence-electron chi connectivity index (χ1n) is 5.49. The highest BCUT2D eigenvalue weighted by atomic mass is 28.4. The van der Waals surface area contributed by atoms with Crippen LogP contribution in [0, 0.1) is 0 Å². The lowest BCUT2D eigenvalue weighted by atomic mass is 10.2. The van der Waals surface area contributed by atoms with Crippen LogP contribution >= 0.6 is 0 Å². The second kappa shape index (κ2) is 5.40. The fraction of sp³-hybridized carbons (Fsp3) is 0.800. The molecule has 0 radical (unpaired) electrons. The minimum atomic E-state index is -2.20. The first-order chi connectivity index (χ1) is 7.14. The third-order valence-electron chi connectivity index (χ3n) is 3.43. The first kappa shape index (κ1) is 13.1. The molecule has 1 aliphatic heterocycles. The number of ether oxygens (including phenoxy) is 1. The molecule has 1 atom stereocenters. The molecule has 15 heavy (non-hydrogen) atoms. The van der Waals surface area contributed by atoms with Crippen LogP contribution in [0.5, 0.6) is 0 Å². The Morgan fingerprint density at radius 3 is 2.47 bits per heavy atom. The van der Waals surface area contributed by atoms with E-state index in [2.05, 4.69) is 18.8 Å². The van der Waals surface area contributed by atoms with E-state index in [9.17, 15) is 0 Å². The second-order valence-corrected chi connectivity index (χ2v) is 10.6. The molecule has 1 fully saturated rings. The largest absolute Gasteiger partial charge is 0.396 e. The molecule has 1 unspecified atom stereocenters. The van der Waals surface area contributed by atoms with Gasteiger partial charge in [-0.25, -0.2) is 0 Å². The van der Waals surface area contributed by atoms with Crippen molar-refractivity contribution in [3.63, 3.8) is 0 Å². The van der Waals surface area contributed by atoms with Crippen molar-refractivity contribution in [1.82, 2.24) is 0 Å². The standard InChI is InChI=1S/C10H22O3Si2/c1-5-14-10(8-6-7-9-13-10)15(4,11-2)12-3/h5H,1,6-9,14H2,2-4H3. The third kappa shape index (κ3) is 2.42. The number of hydrogen-bond acceptors (Lipinski definition) is 3. The van der Waals surface area contributed by atoms with Crippen molar-refractivity contribution in [2.45, 2.75) is 30.7 Å². The van der Waals surface area contributed by atoms with Gasteiger partial charge in [0.2, 0.25) is 0 Å². The van der Waals surface area contributed by atoms with Gasteiger partial charge >= 0.3 is 8.56 Å². The summed E-state index contributed by atoms with van der Waals surface area (Å²) >= 11 is 0. The third-order valence-corrected chi connectivity index (χ3v) is 11.1. The molecule has 5 heteroatoms. The Bertz CT molecular complexity index is 211. The second-order valence-electron chi connectivity index (χ2n) is 4.15. The Labute approximate surface area is 95.9 Å². The molecule has 1 heterocycles. The van der Waals surface area contributed by atoms with E-state index >= 15 is 0 Å². The maximum absolute atomic E-state index is 6.06. The summed E-state index contributed by atoms with van der Waals surface area (Å²) in [5, 5.41) is 0. The summed E-state index contributed by atoms with van der Waals surface area (Å²) in [5.41, 5.74) is 2.05. The summed E-state index contributed by atoms with van der Waals surface area (Å²) < 4.78 is 17.4. The van der Waals surface area contributed by atoms with Gasteiger partial charge in [-0.15, -0.1) is 12.3 Å². The van der Waals surface area contributed by atoms with E-state index in [1.54, 1.807) is 14.2 Å². The molecule has 0 amide bonds. The van der Waals surface area contributed by atoms with Gasteiger partial charge in [-0.05, 0) is 25.8 Å². The Hall–Kier alpha value is 0.0538. The highest BCUT2D eigenvalue weighted by Gasteiger charge is 2.54. The molecule has 88 valence electrons. The Balaban J connectivity index is 2.91. The molecular formula is C10H22O3Si2. The summed E-state index contributed by atoms with van der Waals surface area (Å²) in [6.07, 6.45) is 3.46. The van der Waals surface area contributed by atoms with Gasteiger partial charge in [-0.2, -0.15) is 0 Å². The summed E-state index contributed by atoms with van der Waals surface area (Å²) in [6, 6.07) is 0. The van der Waals surface area contributed by atoms with Crippen LogP contribution in [-0.2, 0) is 13.6 Å². The summed E-state index contributed by atoms with van der Waals surface area (Å²) in [6.45, 7) is 6.82. The van der Waals surface area contributed by atoms with Crippen LogP contribution in [0.15, 0.2) is 12.3 Å². The quantitative estimate of drug-likeness (QED) is 0.680. The average Bonchev–Trinajstić information content (AvgIpc) is 2.29. The van der Waals surface area contributed by atoms with Crippen molar-refractivity contribution in [1.29, 1.82) is 0 Å². The van der Waals surface area contributed by atoms with Crippen molar-refractivity contribution in [2.24, 2.45) is 0 Å². The highest BCUT2D eigenvalue weighted by Crippen LogP contribution is 2.34. The van der Waals surface area contributed by atoms with Crippen LogP contribution in [0.4, 0.5) is 0 Å². The molecule has 1 rings (SSSR count). The van der Waals surface area contributed by atoms with Crippen molar-refractivity contribution in [3.05, 3.63) is 12.3 Å². The van der Waals surface area contributed by atoms with Gasteiger partial charge < -0.3 is 13.6 Å². The van der Waals surface area contributed by atoms with Crippen LogP contribution in [0.2, 0.25) is 6.55 Å². The van der Waals surface area contributed by atoms with E-state index in [-0.39, 0.29) is 4.85 Å². The fourth-order valence-electron chi connectivity index (χ4n) is 2.25. The zero-order valence-corrected chi connectivity index (χ0v) is 12.5. The van der Waals surface area contributed by atoms with Gasteiger partial charge in [0.15, 0.2) is 0 Å². The molecule has 0 spiro atoms. The minimum Gasteiger partial charge on any atom is -0.396 e. The predicted octanol–water partition coefficient (Wildman–Crippen LogP) is 1.10. The van der Waals surface area contributed by atoms with Crippen LogP contribution < -0.4 is 0 Å². The maximum atomic E-state index is 6.06. The van der Waals surface area contributed by atoms with E-state index in [1.165, 1.54) is 6.42 Å². The Morgan fingerprint density at radius 1 is 1.40 bits per heavy atom. The summed E-state index contributed by atoms with van der Waals surface area (Å²) in [4.78, 5) is -0.101. The zero-order valence-electron chi connectivity index (χ0n) is 10.0. The summed E-state index contributed by atoms with van der Waals surface area (Å²) in [5.74, 6) is 0. The molecule has 0 N–H and O–H groups in total. The molecule has 1 saturated heterocycles. The first-order valence-corrected chi connectivity index (χ1v) is 9.33. The van der Waals surface area contributed by atoms with E-state index < -0.39 is 18.1 Å². The molecular weight excluding hydrogens is 224 g/mol. The monoisotopic (exact) mass is 246 g/mol. The van der Waals surface area contributed by atoms with Gasteiger partial charge in [-0.3, -0.25) is 0 Å². The smallest absolute Gasteiger partial charge is 0.363 e. The normalized spacial score (nSPS) is 28.5. The van der Waals surface area contributed by atoms with E-state index in [0.717, 1.165) is 19.4 Å². The van der Waals surface area contributed by atoms with Gasteiger partial charge in [0, 0.05) is 20.8 Å². The lowest BCUT2D eigenvalue weighted by Gasteiger charge is -2.45. The summed E-state index contributed by atoms with van der Waals surface area (Å²) in [7, 11) is 0.783. The van der Waals surface area contributed by atoms with Crippen LogP contribution in [0.1, 0.15) is 19.3 Å². The van der Waals surface area contributed by atoms with Gasteiger partial charge in [0.25, 0.3) is 0 Å². The molecule has 3 nitrogen and oxygen atoms in total. The topological polar surface area (TPSA) is 27.7 Å². The molecule has 0 saturated carbocycles. The van der Waals surface area contributed by atoms with Crippen LogP contribution in [0.3, 0.4) is 0 Å². The van der Waals surface area contributed by atoms with Crippen LogP contribution in [-0.4, -0.2) is 43.8 Å². The van der Waals surface area contributed by atoms with E-state index in [1.807, 2.05) is 0 Å². The maximum Gasteiger partial charge on any atom is 0.363 e. The molecule has 0 aromatic rings. The minimum absolute atomic E-state index is 0.101. The predicted molar refractivity (Wildman–Crippen MR) is 66.9 cm³/mol. The van der Waals surface area contributed by atoms with E-state index in [0.29, 0.717) is 0 Å². The van der Waals surface area contributed by atoms with E-state index in [4.69, 9.17) is 13.6 Å². The zero-order chi connectivity index (χ0) is 11.4.